The summed E-state index contributed by atoms with van der Waals surface area (Å²) in [5, 5.41) is 0. The molecule has 0 N–H and O–H groups in total. The van der Waals surface area contributed by atoms with Crippen molar-refractivity contribution in [2.75, 3.05) is 20.6 Å². The molecule has 0 amide bonds. The third-order valence-electron chi connectivity index (χ3n) is 1.78. The van der Waals surface area contributed by atoms with Gasteiger partial charge in [0.15, 0.2) is 11.8 Å². The molecule has 1 rings (SSSR count). The van der Waals surface area contributed by atoms with Crippen LogP contribution in [0.25, 0.3) is 0 Å². The van der Waals surface area contributed by atoms with Crippen LogP contribution in [0.1, 0.15) is 5.56 Å². The molecule has 0 bridgehead atoms. The highest BCUT2D eigenvalue weighted by Crippen LogP contribution is 2.06. The van der Waals surface area contributed by atoms with Gasteiger partial charge in [-0.1, -0.05) is 30.3 Å². The largest absolute Gasteiger partial charge is 0.227 e. The molecule has 0 aliphatic rings. The molecular formula is C10H15ClN+. The minimum absolute atomic E-state index is 0.509. The highest BCUT2D eigenvalue weighted by Gasteiger charge is 2.10. The minimum Gasteiger partial charge on any atom is -0.227 e. The Morgan fingerprint density at radius 2 is 1.75 bits per heavy atom. The summed E-state index contributed by atoms with van der Waals surface area (Å²) in [6.07, 6.45) is 1.04. The Labute approximate surface area is 79.3 Å². The van der Waals surface area contributed by atoms with E-state index in [1.165, 1.54) is 5.56 Å². The fourth-order valence-electron chi connectivity index (χ4n) is 1.04. The van der Waals surface area contributed by atoms with Crippen molar-refractivity contribution in [2.45, 2.75) is 6.42 Å². The first-order valence-electron chi connectivity index (χ1n) is 4.14. The Hall–Kier alpha value is -0.530. The maximum Gasteiger partial charge on any atom is 0.164 e. The third kappa shape index (κ3) is 3.74. The first kappa shape index (κ1) is 9.56. The van der Waals surface area contributed by atoms with Gasteiger partial charge in [-0.05, 0) is 5.56 Å². The predicted octanol–water partition coefficient (Wildman–Crippen LogP) is 2.46. The summed E-state index contributed by atoms with van der Waals surface area (Å²) in [7, 11) is 3.98. The third-order valence-corrected chi connectivity index (χ3v) is 1.94. The van der Waals surface area contributed by atoms with Crippen LogP contribution < -0.4 is 0 Å². The number of halogens is 1. The molecule has 0 spiro atoms. The molecule has 2 heteroatoms. The van der Waals surface area contributed by atoms with Gasteiger partial charge in [0.05, 0.1) is 20.6 Å². The number of likely N-dealkylation sites (N-methyl/N-ethyl adjacent to an activating group) is 1. The Balaban J connectivity index is 2.44. The zero-order valence-electron chi connectivity index (χ0n) is 7.63. The van der Waals surface area contributed by atoms with Crippen molar-refractivity contribution in [3.8, 4) is 0 Å². The summed E-state index contributed by atoms with van der Waals surface area (Å²) in [5.74, 6) is 0. The van der Waals surface area contributed by atoms with Crippen LogP contribution in [0.3, 0.4) is 0 Å². The highest BCUT2D eigenvalue weighted by atomic mass is 35.5. The molecule has 1 aromatic rings. The smallest absolute Gasteiger partial charge is 0.164 e. The molecule has 1 aromatic carbocycles. The average Bonchev–Trinajstić information content (AvgIpc) is 2.02. The van der Waals surface area contributed by atoms with Gasteiger partial charge in [-0.25, -0.2) is 4.00 Å². The van der Waals surface area contributed by atoms with Crippen molar-refractivity contribution in [3.05, 3.63) is 35.9 Å². The van der Waals surface area contributed by atoms with E-state index in [1.54, 1.807) is 0 Å². The molecule has 66 valence electrons. The Kier molecular flexibility index (Phi) is 3.12. The van der Waals surface area contributed by atoms with Crippen molar-refractivity contribution in [1.82, 2.24) is 0 Å². The minimum atomic E-state index is 0.509. The normalized spacial score (nSPS) is 11.6. The SMILES string of the molecule is C[N+](C)(Cl)CCc1ccccc1. The lowest BCUT2D eigenvalue weighted by molar-refractivity contribution is -0.771. The molecule has 0 unspecified atom stereocenters. The van der Waals surface area contributed by atoms with E-state index in [0.717, 1.165) is 13.0 Å². The van der Waals surface area contributed by atoms with E-state index in [-0.39, 0.29) is 0 Å². The van der Waals surface area contributed by atoms with Gasteiger partial charge < -0.3 is 0 Å². The fraction of sp³-hybridized carbons (Fsp3) is 0.400. The van der Waals surface area contributed by atoms with E-state index < -0.39 is 0 Å². The van der Waals surface area contributed by atoms with E-state index >= 15 is 0 Å². The molecular weight excluding hydrogens is 170 g/mol. The van der Waals surface area contributed by atoms with Gasteiger partial charge in [-0.15, -0.1) is 0 Å². The second-order valence-electron chi connectivity index (χ2n) is 3.50. The lowest BCUT2D eigenvalue weighted by Gasteiger charge is -2.17. The van der Waals surface area contributed by atoms with Gasteiger partial charge in [-0.2, -0.15) is 0 Å². The number of nitrogens with zero attached hydrogens (tertiary/aromatic N) is 1. The fourth-order valence-corrected chi connectivity index (χ4v) is 1.12. The maximum absolute atomic E-state index is 6.02. The zero-order valence-corrected chi connectivity index (χ0v) is 8.38. The van der Waals surface area contributed by atoms with Gasteiger partial charge in [-0.3, -0.25) is 0 Å². The van der Waals surface area contributed by atoms with Crippen LogP contribution in [-0.4, -0.2) is 24.6 Å². The number of quaternary nitrogens is 1. The van der Waals surface area contributed by atoms with Gasteiger partial charge in [0.25, 0.3) is 0 Å². The van der Waals surface area contributed by atoms with Crippen molar-refractivity contribution >= 4 is 11.8 Å². The molecule has 0 fully saturated rings. The van der Waals surface area contributed by atoms with Crippen molar-refractivity contribution in [2.24, 2.45) is 0 Å². The van der Waals surface area contributed by atoms with Crippen molar-refractivity contribution < 1.29 is 4.00 Å². The van der Waals surface area contributed by atoms with E-state index in [4.69, 9.17) is 11.8 Å². The molecule has 0 aliphatic heterocycles. The number of rotatable bonds is 3. The van der Waals surface area contributed by atoms with Crippen molar-refractivity contribution in [3.63, 3.8) is 0 Å². The van der Waals surface area contributed by atoms with Crippen LogP contribution in [0.4, 0.5) is 0 Å². The summed E-state index contributed by atoms with van der Waals surface area (Å²) < 4.78 is 0.509. The lowest BCUT2D eigenvalue weighted by Crippen LogP contribution is -2.30. The Morgan fingerprint density at radius 3 is 2.25 bits per heavy atom. The number of hydrogen-bond donors (Lipinski definition) is 0. The summed E-state index contributed by atoms with van der Waals surface area (Å²) >= 11 is 6.02. The molecule has 0 radical (unpaired) electrons. The molecule has 1 nitrogen and oxygen atoms in total. The second-order valence-corrected chi connectivity index (χ2v) is 4.41. The topological polar surface area (TPSA) is 0 Å². The van der Waals surface area contributed by atoms with Crippen LogP contribution >= 0.6 is 11.8 Å². The van der Waals surface area contributed by atoms with Gasteiger partial charge in [0.2, 0.25) is 0 Å². The second kappa shape index (κ2) is 3.92. The standard InChI is InChI=1S/C10H15ClN/c1-12(2,11)9-8-10-6-4-3-5-7-10/h3-7H,8-9H2,1-2H3/q+1. The first-order chi connectivity index (χ1) is 5.58. The molecule has 12 heavy (non-hydrogen) atoms. The summed E-state index contributed by atoms with van der Waals surface area (Å²) in [4.78, 5) is 0. The molecule has 0 atom stereocenters. The Morgan fingerprint density at radius 1 is 1.17 bits per heavy atom. The van der Waals surface area contributed by atoms with Gasteiger partial charge in [0.1, 0.15) is 0 Å². The van der Waals surface area contributed by atoms with Crippen LogP contribution in [-0.2, 0) is 6.42 Å². The number of benzene rings is 1. The van der Waals surface area contributed by atoms with E-state index in [1.807, 2.05) is 20.2 Å². The van der Waals surface area contributed by atoms with Crippen LogP contribution in [0.15, 0.2) is 30.3 Å². The first-order valence-corrected chi connectivity index (χ1v) is 4.48. The van der Waals surface area contributed by atoms with Crippen LogP contribution in [0, 0.1) is 0 Å². The molecule has 0 saturated carbocycles. The van der Waals surface area contributed by atoms with Crippen molar-refractivity contribution in [1.29, 1.82) is 0 Å². The monoisotopic (exact) mass is 184 g/mol. The summed E-state index contributed by atoms with van der Waals surface area (Å²) in [6, 6.07) is 10.4. The lowest BCUT2D eigenvalue weighted by atomic mass is 10.1. The predicted molar refractivity (Wildman–Crippen MR) is 53.0 cm³/mol. The number of hydrogen-bond acceptors (Lipinski definition) is 0. The summed E-state index contributed by atoms with van der Waals surface area (Å²) in [5.41, 5.74) is 1.35. The van der Waals surface area contributed by atoms with E-state index in [9.17, 15) is 0 Å². The highest BCUT2D eigenvalue weighted by molar-refractivity contribution is 6.06. The molecule has 0 aromatic heterocycles. The molecule has 0 aliphatic carbocycles. The average molecular weight is 185 g/mol. The van der Waals surface area contributed by atoms with Crippen LogP contribution in [0.2, 0.25) is 0 Å². The zero-order chi connectivity index (χ0) is 9.03. The quantitative estimate of drug-likeness (QED) is 0.634. The molecule has 0 heterocycles. The van der Waals surface area contributed by atoms with Crippen LogP contribution in [0.5, 0.6) is 0 Å². The van der Waals surface area contributed by atoms with E-state index in [0.29, 0.717) is 4.00 Å². The summed E-state index contributed by atoms with van der Waals surface area (Å²) in [6.45, 7) is 0.964. The maximum atomic E-state index is 6.02. The Bertz CT molecular complexity index is 225. The molecule has 0 saturated heterocycles. The van der Waals surface area contributed by atoms with Gasteiger partial charge >= 0.3 is 0 Å². The van der Waals surface area contributed by atoms with E-state index in [2.05, 4.69) is 24.3 Å². The van der Waals surface area contributed by atoms with Gasteiger partial charge in [0, 0.05) is 6.42 Å².